The van der Waals surface area contributed by atoms with Gasteiger partial charge in [0.25, 0.3) is 5.56 Å². The quantitative estimate of drug-likeness (QED) is 0.243. The van der Waals surface area contributed by atoms with Crippen LogP contribution in [0.25, 0.3) is 16.9 Å². The summed E-state index contributed by atoms with van der Waals surface area (Å²) in [7, 11) is 0. The third-order valence-electron chi connectivity index (χ3n) is 5.83. The van der Waals surface area contributed by atoms with Crippen molar-refractivity contribution in [3.8, 4) is 16.9 Å². The Bertz CT molecular complexity index is 1180. The molecule has 1 aromatic heterocycles. The van der Waals surface area contributed by atoms with Crippen molar-refractivity contribution in [3.63, 3.8) is 0 Å². The molecule has 6 nitrogen and oxygen atoms in total. The molecular weight excluding hydrogens is 462 g/mol. The highest BCUT2D eigenvalue weighted by Gasteiger charge is 2.26. The number of aromatic nitrogens is 2. The number of aromatic amines is 1. The zero-order valence-electron chi connectivity index (χ0n) is 20.7. The number of amides is 1. The number of H-pyrrole nitrogens is 1. The molecule has 1 heterocycles. The van der Waals surface area contributed by atoms with Crippen LogP contribution in [-0.2, 0) is 4.79 Å². The van der Waals surface area contributed by atoms with Gasteiger partial charge >= 0.3 is 0 Å². The molecule has 0 saturated carbocycles. The Hall–Kier alpha value is -3.12. The number of carbonyl (C=O) groups excluding carboxylic acids is 2. The van der Waals surface area contributed by atoms with Gasteiger partial charge in [0.2, 0.25) is 5.91 Å². The van der Waals surface area contributed by atoms with Crippen LogP contribution in [0.2, 0.25) is 5.02 Å². The third-order valence-corrected chi connectivity index (χ3v) is 6.09. The van der Waals surface area contributed by atoms with Gasteiger partial charge in [0.15, 0.2) is 5.78 Å². The van der Waals surface area contributed by atoms with Crippen LogP contribution in [0.1, 0.15) is 63.2 Å². The molecule has 35 heavy (non-hydrogen) atoms. The average molecular weight is 496 g/mol. The Morgan fingerprint density at radius 1 is 1.00 bits per heavy atom. The van der Waals surface area contributed by atoms with Gasteiger partial charge < -0.3 is 4.90 Å². The lowest BCUT2D eigenvalue weighted by molar-refractivity contribution is -0.131. The average Bonchev–Trinajstić information content (AvgIpc) is 3.19. The summed E-state index contributed by atoms with van der Waals surface area (Å²) in [5.41, 5.74) is 1.34. The van der Waals surface area contributed by atoms with Crippen LogP contribution >= 0.6 is 11.6 Å². The van der Waals surface area contributed by atoms with Gasteiger partial charge in [-0.3, -0.25) is 19.5 Å². The molecule has 7 heteroatoms. The highest BCUT2D eigenvalue weighted by atomic mass is 35.5. The van der Waals surface area contributed by atoms with Crippen LogP contribution in [-0.4, -0.2) is 39.5 Å². The molecule has 0 unspecified atom stereocenters. The van der Waals surface area contributed by atoms with Crippen molar-refractivity contribution >= 4 is 23.3 Å². The number of unbranched alkanes of at least 4 members (excludes halogenated alkanes) is 3. The van der Waals surface area contributed by atoms with Gasteiger partial charge in [0.05, 0.1) is 17.9 Å². The van der Waals surface area contributed by atoms with Crippen LogP contribution in [0, 0.1) is 5.92 Å². The van der Waals surface area contributed by atoms with Gasteiger partial charge in [0, 0.05) is 23.6 Å². The first-order chi connectivity index (χ1) is 16.8. The Balaban J connectivity index is 1.96. The maximum atomic E-state index is 13.6. The number of nitrogens with zero attached hydrogens (tertiary/aromatic N) is 2. The van der Waals surface area contributed by atoms with Gasteiger partial charge in [-0.1, -0.05) is 82.0 Å². The van der Waals surface area contributed by atoms with E-state index in [0.717, 1.165) is 31.2 Å². The fourth-order valence-electron chi connectivity index (χ4n) is 4.09. The Labute approximate surface area is 211 Å². The molecule has 2 aromatic carbocycles. The van der Waals surface area contributed by atoms with Gasteiger partial charge in [-0.25, -0.2) is 4.68 Å². The summed E-state index contributed by atoms with van der Waals surface area (Å²) < 4.78 is 1.35. The number of halogens is 1. The predicted octanol–water partition coefficient (Wildman–Crippen LogP) is 6.12. The minimum atomic E-state index is -0.448. The van der Waals surface area contributed by atoms with E-state index >= 15 is 0 Å². The lowest BCUT2D eigenvalue weighted by atomic mass is 10.0. The molecule has 1 N–H and O–H groups in total. The number of hydrogen-bond donors (Lipinski definition) is 1. The highest BCUT2D eigenvalue weighted by Crippen LogP contribution is 2.22. The number of rotatable bonds is 12. The van der Waals surface area contributed by atoms with Crippen molar-refractivity contribution < 1.29 is 9.59 Å². The molecule has 3 aromatic rings. The minimum absolute atomic E-state index is 0.0435. The first-order valence-corrected chi connectivity index (χ1v) is 12.7. The summed E-state index contributed by atoms with van der Waals surface area (Å²) >= 11 is 6.01. The Morgan fingerprint density at radius 3 is 2.31 bits per heavy atom. The normalized spacial score (nSPS) is 11.1. The van der Waals surface area contributed by atoms with Crippen molar-refractivity contribution in [1.29, 1.82) is 0 Å². The molecule has 0 bridgehead atoms. The standard InChI is InChI=1S/C28H34ClN3O3/c1-4-5-6-10-13-25(34)31(18-20(2)3)19-24(33)26-27(21-11-8-7-9-12-21)30-32(28(26)35)23-16-14-22(29)15-17-23/h7-9,11-12,14-17,20,30H,4-6,10,13,18-19H2,1-3H3. The molecule has 0 aliphatic heterocycles. The monoisotopic (exact) mass is 495 g/mol. The van der Waals surface area contributed by atoms with E-state index in [2.05, 4.69) is 12.0 Å². The van der Waals surface area contributed by atoms with E-state index < -0.39 is 5.56 Å². The van der Waals surface area contributed by atoms with E-state index in [1.54, 1.807) is 29.2 Å². The number of hydrogen-bond acceptors (Lipinski definition) is 3. The fourth-order valence-corrected chi connectivity index (χ4v) is 4.22. The first kappa shape index (κ1) is 26.5. The molecule has 0 saturated heterocycles. The SMILES string of the molecule is CCCCCCC(=O)N(CC(=O)c1c(-c2ccccc2)[nH]n(-c2ccc(Cl)cc2)c1=O)CC(C)C. The zero-order valence-corrected chi connectivity index (χ0v) is 21.5. The third kappa shape index (κ3) is 6.95. The van der Waals surface area contributed by atoms with Gasteiger partial charge in [-0.15, -0.1) is 0 Å². The lowest BCUT2D eigenvalue weighted by Crippen LogP contribution is -2.39. The zero-order chi connectivity index (χ0) is 25.4. The van der Waals surface area contributed by atoms with Crippen LogP contribution < -0.4 is 5.56 Å². The van der Waals surface area contributed by atoms with Crippen molar-refractivity contribution in [1.82, 2.24) is 14.7 Å². The van der Waals surface area contributed by atoms with Gasteiger partial charge in [0.1, 0.15) is 5.56 Å². The van der Waals surface area contributed by atoms with Crippen LogP contribution in [0.4, 0.5) is 0 Å². The van der Waals surface area contributed by atoms with Crippen molar-refractivity contribution in [2.24, 2.45) is 5.92 Å². The molecule has 0 aliphatic carbocycles. The molecule has 0 aliphatic rings. The molecular formula is C28H34ClN3O3. The molecule has 186 valence electrons. The van der Waals surface area contributed by atoms with E-state index in [4.69, 9.17) is 11.6 Å². The molecule has 0 spiro atoms. The van der Waals surface area contributed by atoms with Gasteiger partial charge in [-0.05, 0) is 36.6 Å². The summed E-state index contributed by atoms with van der Waals surface area (Å²) in [5.74, 6) is -0.216. The lowest BCUT2D eigenvalue weighted by Gasteiger charge is -2.24. The predicted molar refractivity (Wildman–Crippen MR) is 141 cm³/mol. The number of ketones is 1. The number of nitrogens with one attached hydrogen (secondary N) is 1. The van der Waals surface area contributed by atoms with E-state index in [1.165, 1.54) is 4.68 Å². The second-order valence-electron chi connectivity index (χ2n) is 9.25. The number of Topliss-reactive ketones (excluding diaryl/α,β-unsaturated/α-hetero) is 1. The van der Waals surface area contributed by atoms with E-state index in [0.29, 0.717) is 29.4 Å². The van der Waals surface area contributed by atoms with Crippen LogP contribution in [0.3, 0.4) is 0 Å². The van der Waals surface area contributed by atoms with Crippen LogP contribution in [0.5, 0.6) is 0 Å². The molecule has 0 atom stereocenters. The summed E-state index contributed by atoms with van der Waals surface area (Å²) in [4.78, 5) is 41.6. The maximum absolute atomic E-state index is 13.6. The highest BCUT2D eigenvalue weighted by molar-refractivity contribution is 6.30. The molecule has 0 radical (unpaired) electrons. The summed E-state index contributed by atoms with van der Waals surface area (Å²) in [6.45, 7) is 6.50. The molecule has 1 amide bonds. The van der Waals surface area contributed by atoms with E-state index in [-0.39, 0.29) is 29.7 Å². The first-order valence-electron chi connectivity index (χ1n) is 12.3. The fraction of sp³-hybridized carbons (Fsp3) is 0.393. The smallest absolute Gasteiger partial charge is 0.282 e. The Morgan fingerprint density at radius 2 is 1.69 bits per heavy atom. The second-order valence-corrected chi connectivity index (χ2v) is 9.68. The summed E-state index contributed by atoms with van der Waals surface area (Å²) in [5, 5.41) is 3.66. The van der Waals surface area contributed by atoms with Crippen molar-refractivity contribution in [2.75, 3.05) is 13.1 Å². The van der Waals surface area contributed by atoms with Crippen molar-refractivity contribution in [2.45, 2.75) is 52.9 Å². The minimum Gasteiger partial charge on any atom is -0.335 e. The van der Waals surface area contributed by atoms with Crippen molar-refractivity contribution in [3.05, 3.63) is 75.5 Å². The second kappa shape index (κ2) is 12.5. The van der Waals surface area contributed by atoms with E-state index in [1.807, 2.05) is 44.2 Å². The van der Waals surface area contributed by atoms with Gasteiger partial charge in [-0.2, -0.15) is 0 Å². The molecule has 3 rings (SSSR count). The largest absolute Gasteiger partial charge is 0.335 e. The number of carbonyl (C=O) groups is 2. The Kier molecular flexibility index (Phi) is 9.49. The summed E-state index contributed by atoms with van der Waals surface area (Å²) in [6.07, 6.45) is 4.39. The van der Waals surface area contributed by atoms with Crippen LogP contribution in [0.15, 0.2) is 59.4 Å². The topological polar surface area (TPSA) is 75.2 Å². The summed E-state index contributed by atoms with van der Waals surface area (Å²) in [6, 6.07) is 16.1. The van der Waals surface area contributed by atoms with E-state index in [9.17, 15) is 14.4 Å². The number of benzene rings is 2. The molecule has 0 fully saturated rings. The maximum Gasteiger partial charge on any atom is 0.282 e.